The van der Waals surface area contributed by atoms with Crippen LogP contribution >= 0.6 is 0 Å². The van der Waals surface area contributed by atoms with Gasteiger partial charge in [-0.3, -0.25) is 9.59 Å². The van der Waals surface area contributed by atoms with Crippen molar-refractivity contribution >= 4 is 17.6 Å². The van der Waals surface area contributed by atoms with Gasteiger partial charge in [-0.1, -0.05) is 99.5 Å². The third-order valence-corrected chi connectivity index (χ3v) is 5.91. The van der Waals surface area contributed by atoms with Crippen molar-refractivity contribution in [2.45, 2.75) is 59.3 Å². The van der Waals surface area contributed by atoms with E-state index in [1.54, 1.807) is 0 Å². The van der Waals surface area contributed by atoms with E-state index in [0.717, 1.165) is 53.5 Å². The lowest BCUT2D eigenvalue weighted by Crippen LogP contribution is -2.06. The average molecular weight is 439 g/mol. The molecular weight excluding hydrogens is 404 g/mol. The summed E-state index contributed by atoms with van der Waals surface area (Å²) >= 11 is 0. The highest BCUT2D eigenvalue weighted by atomic mass is 16.1. The fourth-order valence-corrected chi connectivity index (χ4v) is 3.93. The predicted octanol–water partition coefficient (Wildman–Crippen LogP) is 7.23. The van der Waals surface area contributed by atoms with Crippen LogP contribution in [0.5, 0.6) is 0 Å². The number of benzene rings is 3. The molecule has 0 aliphatic heterocycles. The van der Waals surface area contributed by atoms with Crippen LogP contribution < -0.4 is 0 Å². The monoisotopic (exact) mass is 438 g/mol. The first-order valence-electron chi connectivity index (χ1n) is 12.0. The van der Waals surface area contributed by atoms with Gasteiger partial charge in [0.05, 0.1) is 0 Å². The minimum Gasteiger partial charge on any atom is -0.294 e. The van der Waals surface area contributed by atoms with Crippen molar-refractivity contribution in [1.29, 1.82) is 0 Å². The van der Waals surface area contributed by atoms with Gasteiger partial charge >= 0.3 is 0 Å². The summed E-state index contributed by atoms with van der Waals surface area (Å²) in [5, 5.41) is 0. The molecule has 2 heteroatoms. The maximum atomic E-state index is 12.7. The van der Waals surface area contributed by atoms with Gasteiger partial charge in [0, 0.05) is 18.4 Å². The van der Waals surface area contributed by atoms with Crippen LogP contribution in [0.4, 0.5) is 0 Å². The standard InChI is InChI=1S/C31H34O2/c1-4-6-24-8-10-26(11-9-24)20-23(3)30(32)21-27-12-14-28(15-13-27)22-31(33)29-18-16-25(7-5-2)17-19-29/h8-20H,4-7,21-22H2,1-3H3. The fraction of sp³-hybridized carbons (Fsp3) is 0.290. The lowest BCUT2D eigenvalue weighted by Gasteiger charge is -2.06. The lowest BCUT2D eigenvalue weighted by molar-refractivity contribution is -0.114. The predicted molar refractivity (Wildman–Crippen MR) is 138 cm³/mol. The molecule has 0 saturated heterocycles. The Balaban J connectivity index is 1.56. The maximum absolute atomic E-state index is 12.7. The van der Waals surface area contributed by atoms with Crippen LogP contribution in [0.2, 0.25) is 0 Å². The van der Waals surface area contributed by atoms with Gasteiger partial charge in [-0.25, -0.2) is 0 Å². The van der Waals surface area contributed by atoms with E-state index in [4.69, 9.17) is 0 Å². The Morgan fingerprint density at radius 3 is 1.61 bits per heavy atom. The quantitative estimate of drug-likeness (QED) is 0.234. The van der Waals surface area contributed by atoms with Crippen molar-refractivity contribution in [2.75, 3.05) is 0 Å². The van der Waals surface area contributed by atoms with Crippen LogP contribution in [-0.4, -0.2) is 11.6 Å². The first-order chi connectivity index (χ1) is 16.0. The molecule has 0 heterocycles. The number of carbonyl (C=O) groups excluding carboxylic acids is 2. The van der Waals surface area contributed by atoms with E-state index in [-0.39, 0.29) is 11.6 Å². The van der Waals surface area contributed by atoms with Crippen LogP contribution in [-0.2, 0) is 30.5 Å². The van der Waals surface area contributed by atoms with E-state index >= 15 is 0 Å². The van der Waals surface area contributed by atoms with Crippen molar-refractivity contribution in [3.63, 3.8) is 0 Å². The molecule has 0 radical (unpaired) electrons. The number of allylic oxidation sites excluding steroid dienone is 1. The second-order valence-corrected chi connectivity index (χ2v) is 8.78. The smallest absolute Gasteiger partial charge is 0.167 e. The average Bonchev–Trinajstić information content (AvgIpc) is 2.82. The first-order valence-corrected chi connectivity index (χ1v) is 12.0. The van der Waals surface area contributed by atoms with Gasteiger partial charge in [0.25, 0.3) is 0 Å². The van der Waals surface area contributed by atoms with E-state index in [9.17, 15) is 9.59 Å². The number of ketones is 2. The van der Waals surface area contributed by atoms with Gasteiger partial charge in [0.2, 0.25) is 0 Å². The molecule has 33 heavy (non-hydrogen) atoms. The lowest BCUT2D eigenvalue weighted by atomic mass is 9.98. The zero-order valence-corrected chi connectivity index (χ0v) is 20.1. The van der Waals surface area contributed by atoms with Crippen LogP contribution in [0, 0.1) is 0 Å². The molecule has 0 spiro atoms. The van der Waals surface area contributed by atoms with Crippen molar-refractivity contribution in [3.05, 3.63) is 112 Å². The van der Waals surface area contributed by atoms with Crippen molar-refractivity contribution in [1.82, 2.24) is 0 Å². The Morgan fingerprint density at radius 2 is 1.09 bits per heavy atom. The van der Waals surface area contributed by atoms with E-state index in [0.29, 0.717) is 12.8 Å². The molecule has 3 rings (SSSR count). The van der Waals surface area contributed by atoms with Gasteiger partial charge in [0.15, 0.2) is 11.6 Å². The number of carbonyl (C=O) groups is 2. The summed E-state index contributed by atoms with van der Waals surface area (Å²) in [4.78, 5) is 25.3. The summed E-state index contributed by atoms with van der Waals surface area (Å²) in [5.41, 5.74) is 7.07. The van der Waals surface area contributed by atoms with E-state index in [1.165, 1.54) is 11.1 Å². The van der Waals surface area contributed by atoms with Crippen LogP contribution in [0.1, 0.15) is 71.8 Å². The minimum atomic E-state index is 0.114. The van der Waals surface area contributed by atoms with Gasteiger partial charge in [-0.2, -0.15) is 0 Å². The molecule has 0 saturated carbocycles. The summed E-state index contributed by atoms with van der Waals surface area (Å²) in [6.07, 6.45) is 7.03. The molecule has 0 fully saturated rings. The number of aryl methyl sites for hydroxylation is 2. The number of rotatable bonds is 11. The highest BCUT2D eigenvalue weighted by Gasteiger charge is 2.10. The molecule has 0 atom stereocenters. The highest BCUT2D eigenvalue weighted by molar-refractivity contribution is 6.00. The summed E-state index contributed by atoms with van der Waals surface area (Å²) in [5.74, 6) is 0.231. The summed E-state index contributed by atoms with van der Waals surface area (Å²) < 4.78 is 0. The summed E-state index contributed by atoms with van der Waals surface area (Å²) in [6, 6.07) is 24.2. The second-order valence-electron chi connectivity index (χ2n) is 8.78. The largest absolute Gasteiger partial charge is 0.294 e. The summed E-state index contributed by atoms with van der Waals surface area (Å²) in [6.45, 7) is 6.20. The molecule has 0 amide bonds. The molecule has 170 valence electrons. The molecule has 0 bridgehead atoms. The van der Waals surface area contributed by atoms with Crippen molar-refractivity contribution in [3.8, 4) is 0 Å². The molecule has 0 aromatic heterocycles. The van der Waals surface area contributed by atoms with Crippen LogP contribution in [0.15, 0.2) is 78.4 Å². The van der Waals surface area contributed by atoms with Gasteiger partial charge in [-0.15, -0.1) is 0 Å². The van der Waals surface area contributed by atoms with E-state index in [1.807, 2.05) is 61.5 Å². The number of Topliss-reactive ketones (excluding diaryl/α,β-unsaturated/α-hetero) is 2. The number of hydrogen-bond donors (Lipinski definition) is 0. The Labute approximate surface area is 198 Å². The Hall–Kier alpha value is -3.26. The topological polar surface area (TPSA) is 34.1 Å². The molecule has 3 aromatic rings. The minimum absolute atomic E-state index is 0.114. The molecule has 3 aromatic carbocycles. The fourth-order valence-electron chi connectivity index (χ4n) is 3.93. The molecule has 2 nitrogen and oxygen atoms in total. The van der Waals surface area contributed by atoms with Crippen molar-refractivity contribution in [2.24, 2.45) is 0 Å². The first kappa shape index (κ1) is 24.4. The molecule has 0 unspecified atom stereocenters. The Morgan fingerprint density at radius 1 is 0.636 bits per heavy atom. The van der Waals surface area contributed by atoms with Crippen molar-refractivity contribution < 1.29 is 9.59 Å². The Kier molecular flexibility index (Phi) is 8.95. The number of hydrogen-bond acceptors (Lipinski definition) is 2. The zero-order valence-electron chi connectivity index (χ0n) is 20.1. The van der Waals surface area contributed by atoms with Crippen LogP contribution in [0.25, 0.3) is 6.08 Å². The molecule has 0 aliphatic carbocycles. The van der Waals surface area contributed by atoms with E-state index < -0.39 is 0 Å². The van der Waals surface area contributed by atoms with Crippen LogP contribution in [0.3, 0.4) is 0 Å². The third kappa shape index (κ3) is 7.39. The third-order valence-electron chi connectivity index (χ3n) is 5.91. The SMILES string of the molecule is CCCc1ccc(C=C(C)C(=O)Cc2ccc(CC(=O)c3ccc(CCC)cc3)cc2)cc1. The Bertz CT molecular complexity index is 1090. The van der Waals surface area contributed by atoms with Gasteiger partial charge in [-0.05, 0) is 59.2 Å². The normalized spacial score (nSPS) is 11.4. The zero-order chi connectivity index (χ0) is 23.6. The summed E-state index contributed by atoms with van der Waals surface area (Å²) in [7, 11) is 0. The maximum Gasteiger partial charge on any atom is 0.167 e. The molecule has 0 aliphatic rings. The van der Waals surface area contributed by atoms with Gasteiger partial charge in [0.1, 0.15) is 0 Å². The second kappa shape index (κ2) is 12.1. The molecule has 0 N–H and O–H groups in total. The van der Waals surface area contributed by atoms with Gasteiger partial charge < -0.3 is 0 Å². The highest BCUT2D eigenvalue weighted by Crippen LogP contribution is 2.15. The van der Waals surface area contributed by atoms with E-state index in [2.05, 4.69) is 38.1 Å². The molecular formula is C31H34O2.